The Morgan fingerprint density at radius 2 is 2.06 bits per heavy atom. The summed E-state index contributed by atoms with van der Waals surface area (Å²) in [6.07, 6.45) is -4.56. The molecular formula is C10H11ClF3NO. The Labute approximate surface area is 96.0 Å². The fraction of sp³-hybridized carbons (Fsp3) is 0.400. The zero-order chi connectivity index (χ0) is 12.1. The molecule has 2 nitrogen and oxygen atoms in total. The lowest BCUT2D eigenvalue weighted by molar-refractivity contribution is -0.00343. The van der Waals surface area contributed by atoms with Crippen LogP contribution in [-0.2, 0) is 6.54 Å². The van der Waals surface area contributed by atoms with Gasteiger partial charge in [0, 0.05) is 18.7 Å². The fourth-order valence-corrected chi connectivity index (χ4v) is 1.32. The van der Waals surface area contributed by atoms with Crippen LogP contribution in [0.5, 0.6) is 0 Å². The van der Waals surface area contributed by atoms with Crippen LogP contribution in [-0.4, -0.2) is 24.2 Å². The molecule has 1 unspecified atom stereocenters. The molecule has 0 saturated carbocycles. The van der Waals surface area contributed by atoms with E-state index in [1.54, 1.807) is 6.07 Å². The molecule has 1 rings (SSSR count). The Bertz CT molecular complexity index is 349. The number of aliphatic hydroxyl groups excluding tert-OH is 1. The summed E-state index contributed by atoms with van der Waals surface area (Å²) < 4.78 is 37.1. The molecule has 1 aromatic rings. The van der Waals surface area contributed by atoms with Gasteiger partial charge in [-0.25, -0.2) is 13.2 Å². The molecule has 0 aliphatic carbocycles. The third-order valence-electron chi connectivity index (χ3n) is 1.99. The number of halogens is 4. The van der Waals surface area contributed by atoms with Crippen molar-refractivity contribution in [1.29, 1.82) is 0 Å². The highest BCUT2D eigenvalue weighted by Crippen LogP contribution is 2.17. The van der Waals surface area contributed by atoms with Gasteiger partial charge in [0.25, 0.3) is 6.43 Å². The zero-order valence-corrected chi connectivity index (χ0v) is 9.02. The minimum Gasteiger partial charge on any atom is -0.386 e. The molecule has 16 heavy (non-hydrogen) atoms. The summed E-state index contributed by atoms with van der Waals surface area (Å²) in [7, 11) is 0. The molecule has 0 spiro atoms. The van der Waals surface area contributed by atoms with Gasteiger partial charge < -0.3 is 10.4 Å². The number of benzene rings is 1. The van der Waals surface area contributed by atoms with Gasteiger partial charge in [-0.05, 0) is 6.07 Å². The van der Waals surface area contributed by atoms with Gasteiger partial charge in [0.2, 0.25) is 0 Å². The average molecular weight is 254 g/mol. The van der Waals surface area contributed by atoms with Crippen LogP contribution < -0.4 is 5.32 Å². The number of alkyl halides is 2. The molecule has 6 heteroatoms. The maximum atomic E-state index is 13.3. The number of hydrogen-bond acceptors (Lipinski definition) is 2. The molecule has 0 radical (unpaired) electrons. The molecule has 0 saturated heterocycles. The minimum absolute atomic E-state index is 0.0197. The molecule has 0 amide bonds. The second-order valence-corrected chi connectivity index (χ2v) is 3.65. The van der Waals surface area contributed by atoms with Crippen molar-refractivity contribution in [3.8, 4) is 0 Å². The number of hydrogen-bond donors (Lipinski definition) is 2. The lowest BCUT2D eigenvalue weighted by Gasteiger charge is -2.11. The van der Waals surface area contributed by atoms with Crippen molar-refractivity contribution in [2.75, 3.05) is 6.54 Å². The third kappa shape index (κ3) is 3.66. The van der Waals surface area contributed by atoms with Crippen LogP contribution in [0.1, 0.15) is 5.56 Å². The average Bonchev–Trinajstić information content (AvgIpc) is 2.24. The monoisotopic (exact) mass is 253 g/mol. The highest BCUT2D eigenvalue weighted by atomic mass is 35.5. The van der Waals surface area contributed by atoms with Crippen LogP contribution >= 0.6 is 11.6 Å². The lowest BCUT2D eigenvalue weighted by Crippen LogP contribution is -2.31. The van der Waals surface area contributed by atoms with Crippen LogP contribution in [0.4, 0.5) is 13.2 Å². The smallest absolute Gasteiger partial charge is 0.265 e. The Morgan fingerprint density at radius 1 is 1.38 bits per heavy atom. The SMILES string of the molecule is OC(CNCc1cccc(Cl)c1F)C(F)F. The van der Waals surface area contributed by atoms with Crippen molar-refractivity contribution in [1.82, 2.24) is 5.32 Å². The van der Waals surface area contributed by atoms with Gasteiger partial charge in [-0.3, -0.25) is 0 Å². The molecule has 90 valence electrons. The van der Waals surface area contributed by atoms with Crippen molar-refractivity contribution in [3.05, 3.63) is 34.6 Å². The highest BCUT2D eigenvalue weighted by molar-refractivity contribution is 6.30. The Hall–Kier alpha value is -0.780. The molecule has 1 aromatic carbocycles. The second-order valence-electron chi connectivity index (χ2n) is 3.25. The Kier molecular flexibility index (Phi) is 5.05. The molecule has 1 atom stereocenters. The van der Waals surface area contributed by atoms with Crippen molar-refractivity contribution in [2.45, 2.75) is 19.1 Å². The van der Waals surface area contributed by atoms with Crippen molar-refractivity contribution in [3.63, 3.8) is 0 Å². The summed E-state index contributed by atoms with van der Waals surface area (Å²) in [5.74, 6) is -0.580. The first-order valence-electron chi connectivity index (χ1n) is 4.62. The lowest BCUT2D eigenvalue weighted by atomic mass is 10.2. The Morgan fingerprint density at radius 3 is 2.69 bits per heavy atom. The summed E-state index contributed by atoms with van der Waals surface area (Å²) in [4.78, 5) is 0. The van der Waals surface area contributed by atoms with E-state index in [1.165, 1.54) is 12.1 Å². The van der Waals surface area contributed by atoms with Crippen LogP contribution in [0, 0.1) is 5.82 Å². The predicted molar refractivity (Wildman–Crippen MR) is 55.1 cm³/mol. The summed E-state index contributed by atoms with van der Waals surface area (Å²) >= 11 is 5.53. The topological polar surface area (TPSA) is 32.3 Å². The highest BCUT2D eigenvalue weighted by Gasteiger charge is 2.16. The van der Waals surface area contributed by atoms with Gasteiger partial charge in [0.15, 0.2) is 0 Å². The maximum Gasteiger partial charge on any atom is 0.265 e. The largest absolute Gasteiger partial charge is 0.386 e. The number of nitrogens with one attached hydrogen (secondary N) is 1. The van der Waals surface area contributed by atoms with Gasteiger partial charge in [0.05, 0.1) is 5.02 Å². The van der Waals surface area contributed by atoms with Gasteiger partial charge in [-0.15, -0.1) is 0 Å². The molecule has 0 aliphatic rings. The van der Waals surface area contributed by atoms with Crippen molar-refractivity contribution >= 4 is 11.6 Å². The van der Waals surface area contributed by atoms with Crippen LogP contribution in [0.15, 0.2) is 18.2 Å². The van der Waals surface area contributed by atoms with E-state index in [-0.39, 0.29) is 23.7 Å². The van der Waals surface area contributed by atoms with Gasteiger partial charge >= 0.3 is 0 Å². The van der Waals surface area contributed by atoms with Gasteiger partial charge in [-0.1, -0.05) is 23.7 Å². The van der Waals surface area contributed by atoms with E-state index < -0.39 is 18.3 Å². The molecule has 0 heterocycles. The van der Waals surface area contributed by atoms with E-state index in [4.69, 9.17) is 16.7 Å². The first-order chi connectivity index (χ1) is 7.52. The van der Waals surface area contributed by atoms with Gasteiger partial charge in [0.1, 0.15) is 11.9 Å². The second kappa shape index (κ2) is 6.08. The summed E-state index contributed by atoms with van der Waals surface area (Å²) in [6.45, 7) is -0.264. The molecular weight excluding hydrogens is 243 g/mol. The molecule has 2 N–H and O–H groups in total. The van der Waals surface area contributed by atoms with Crippen molar-refractivity contribution < 1.29 is 18.3 Å². The Balaban J connectivity index is 2.46. The van der Waals surface area contributed by atoms with Crippen molar-refractivity contribution in [2.24, 2.45) is 0 Å². The van der Waals surface area contributed by atoms with E-state index >= 15 is 0 Å². The van der Waals surface area contributed by atoms with E-state index in [0.717, 1.165) is 0 Å². The first kappa shape index (κ1) is 13.3. The van der Waals surface area contributed by atoms with Crippen LogP contribution in [0.25, 0.3) is 0 Å². The van der Waals surface area contributed by atoms with Crippen LogP contribution in [0.3, 0.4) is 0 Å². The van der Waals surface area contributed by atoms with E-state index in [2.05, 4.69) is 5.32 Å². The molecule has 0 fully saturated rings. The summed E-state index contributed by atoms with van der Waals surface area (Å²) in [5, 5.41) is 11.3. The van der Waals surface area contributed by atoms with Gasteiger partial charge in [-0.2, -0.15) is 0 Å². The summed E-state index contributed by atoms with van der Waals surface area (Å²) in [5.41, 5.74) is 0.272. The van der Waals surface area contributed by atoms with E-state index in [0.29, 0.717) is 0 Å². The zero-order valence-electron chi connectivity index (χ0n) is 8.26. The maximum absolute atomic E-state index is 13.3. The van der Waals surface area contributed by atoms with E-state index in [1.807, 2.05) is 0 Å². The molecule has 0 aromatic heterocycles. The minimum atomic E-state index is -2.81. The number of aliphatic hydroxyl groups is 1. The van der Waals surface area contributed by atoms with E-state index in [9.17, 15) is 13.2 Å². The standard InChI is InChI=1S/C10H11ClF3NO/c11-7-3-1-2-6(9(7)12)4-15-5-8(16)10(13)14/h1-3,8,10,15-16H,4-5H2. The third-order valence-corrected chi connectivity index (χ3v) is 2.28. The quantitative estimate of drug-likeness (QED) is 0.843. The van der Waals surface area contributed by atoms with Crippen LogP contribution in [0.2, 0.25) is 5.02 Å². The molecule has 0 aliphatic heterocycles. The molecule has 0 bridgehead atoms. The normalized spacial score (nSPS) is 13.1. The number of rotatable bonds is 5. The summed E-state index contributed by atoms with van der Waals surface area (Å²) in [6, 6.07) is 4.45. The predicted octanol–water partition coefficient (Wildman–Crippen LogP) is 2.19. The first-order valence-corrected chi connectivity index (χ1v) is 5.00. The fourth-order valence-electron chi connectivity index (χ4n) is 1.13.